The van der Waals surface area contributed by atoms with Crippen LogP contribution in [0.2, 0.25) is 0 Å². The highest BCUT2D eigenvalue weighted by Crippen LogP contribution is 2.52. The average Bonchev–Trinajstić information content (AvgIpc) is 3.52. The Kier molecular flexibility index (Phi) is 4.21. The molecule has 1 aliphatic heterocycles. The number of aryl methyl sites for hydroxylation is 1. The van der Waals surface area contributed by atoms with Gasteiger partial charge in [0.2, 0.25) is 5.91 Å². The maximum atomic E-state index is 11.4. The molecular weight excluding hydrogens is 398 g/mol. The molecule has 2 aliphatic rings. The van der Waals surface area contributed by atoms with Crippen molar-refractivity contribution in [1.82, 2.24) is 19.5 Å². The second kappa shape index (κ2) is 7.12. The molecule has 158 valence electrons. The monoisotopic (exact) mass is 421 g/mol. The molecule has 6 nitrogen and oxygen atoms in total. The highest BCUT2D eigenvalue weighted by atomic mass is 16.1. The average molecular weight is 422 g/mol. The number of rotatable bonds is 4. The summed E-state index contributed by atoms with van der Waals surface area (Å²) in [5, 5.41) is 0. The van der Waals surface area contributed by atoms with Crippen LogP contribution in [0, 0.1) is 6.92 Å². The fourth-order valence-electron chi connectivity index (χ4n) is 5.20. The lowest BCUT2D eigenvalue weighted by atomic mass is 10.0. The van der Waals surface area contributed by atoms with Crippen molar-refractivity contribution in [3.63, 3.8) is 0 Å². The first-order valence-electron chi connectivity index (χ1n) is 11.0. The molecular formula is C26H23N5O. The largest absolute Gasteiger partial charge is 0.366 e. The number of benzene rings is 1. The summed E-state index contributed by atoms with van der Waals surface area (Å²) in [6.07, 6.45) is 5.44. The number of carbonyl (C=O) groups is 1. The van der Waals surface area contributed by atoms with Gasteiger partial charge in [0.15, 0.2) is 0 Å². The summed E-state index contributed by atoms with van der Waals surface area (Å²) in [6, 6.07) is 18.0. The number of primary amides is 1. The lowest BCUT2D eigenvalue weighted by Crippen LogP contribution is -2.10. The van der Waals surface area contributed by atoms with Crippen LogP contribution < -0.4 is 5.73 Å². The number of hydrogen-bond donors (Lipinski definition) is 1. The van der Waals surface area contributed by atoms with Crippen LogP contribution in [-0.4, -0.2) is 25.4 Å². The SMILES string of the molecule is Cc1cccc(-c2nc3n(c2-c2ccnc(-c4ccc(C(N)=O)cc4)c2)C2CCC3C2)n1. The summed E-state index contributed by atoms with van der Waals surface area (Å²) < 4.78 is 2.45. The van der Waals surface area contributed by atoms with E-state index in [0.29, 0.717) is 17.5 Å². The Labute approximate surface area is 186 Å². The van der Waals surface area contributed by atoms with Crippen LogP contribution in [-0.2, 0) is 0 Å². The maximum Gasteiger partial charge on any atom is 0.248 e. The summed E-state index contributed by atoms with van der Waals surface area (Å²) in [4.78, 5) is 25.9. The van der Waals surface area contributed by atoms with Gasteiger partial charge in [0, 0.05) is 40.5 Å². The zero-order chi connectivity index (χ0) is 21.8. The van der Waals surface area contributed by atoms with Gasteiger partial charge in [0.05, 0.1) is 17.1 Å². The summed E-state index contributed by atoms with van der Waals surface area (Å²) in [5.74, 6) is 1.30. The van der Waals surface area contributed by atoms with Crippen molar-refractivity contribution in [2.45, 2.75) is 38.1 Å². The van der Waals surface area contributed by atoms with Gasteiger partial charge in [-0.2, -0.15) is 0 Å². The van der Waals surface area contributed by atoms with Crippen molar-refractivity contribution in [2.24, 2.45) is 5.73 Å². The van der Waals surface area contributed by atoms with Crippen LogP contribution in [0.25, 0.3) is 33.9 Å². The van der Waals surface area contributed by atoms with Crippen molar-refractivity contribution in [2.75, 3.05) is 0 Å². The van der Waals surface area contributed by atoms with Crippen molar-refractivity contribution in [3.05, 3.63) is 77.9 Å². The van der Waals surface area contributed by atoms with Gasteiger partial charge in [-0.3, -0.25) is 14.8 Å². The first-order valence-corrected chi connectivity index (χ1v) is 11.0. The zero-order valence-corrected chi connectivity index (χ0v) is 17.8. The Morgan fingerprint density at radius 3 is 2.62 bits per heavy atom. The van der Waals surface area contributed by atoms with E-state index in [9.17, 15) is 4.79 Å². The molecule has 2 bridgehead atoms. The van der Waals surface area contributed by atoms with Crippen molar-refractivity contribution in [3.8, 4) is 33.9 Å². The molecule has 6 rings (SSSR count). The summed E-state index contributed by atoms with van der Waals surface area (Å²) in [5.41, 5.74) is 12.7. The Morgan fingerprint density at radius 1 is 1.00 bits per heavy atom. The van der Waals surface area contributed by atoms with Gasteiger partial charge in [0.25, 0.3) is 0 Å². The molecule has 6 heteroatoms. The number of pyridine rings is 2. The minimum absolute atomic E-state index is 0.432. The first kappa shape index (κ1) is 18.9. The number of nitrogens with two attached hydrogens (primary N) is 1. The van der Waals surface area contributed by atoms with Gasteiger partial charge >= 0.3 is 0 Å². The standard InChI is InChI=1S/C26H23N5O/c1-15-3-2-4-21(29-15)23-24(31-20-10-9-19(13-20)26(31)30-23)18-11-12-28-22(14-18)16-5-7-17(8-6-16)25(27)32/h2-8,11-12,14,19-20H,9-10,13H2,1H3,(H2,27,32). The smallest absolute Gasteiger partial charge is 0.248 e. The second-order valence-electron chi connectivity index (χ2n) is 8.74. The molecule has 0 saturated heterocycles. The molecule has 1 saturated carbocycles. The van der Waals surface area contributed by atoms with Gasteiger partial charge in [-0.15, -0.1) is 0 Å². The molecule has 2 unspecified atom stereocenters. The van der Waals surface area contributed by atoms with Crippen molar-refractivity contribution < 1.29 is 4.79 Å². The third kappa shape index (κ3) is 2.94. The molecule has 4 aromatic rings. The predicted molar refractivity (Wildman–Crippen MR) is 123 cm³/mol. The Balaban J connectivity index is 1.51. The number of imidazole rings is 1. The van der Waals surface area contributed by atoms with E-state index >= 15 is 0 Å². The molecule has 2 atom stereocenters. The zero-order valence-electron chi connectivity index (χ0n) is 17.8. The van der Waals surface area contributed by atoms with Crippen LogP contribution >= 0.6 is 0 Å². The van der Waals surface area contributed by atoms with E-state index in [4.69, 9.17) is 15.7 Å². The number of aromatic nitrogens is 4. The molecule has 3 aromatic heterocycles. The minimum Gasteiger partial charge on any atom is -0.366 e. The molecule has 0 radical (unpaired) electrons. The molecule has 2 N–H and O–H groups in total. The quantitative estimate of drug-likeness (QED) is 0.508. The van der Waals surface area contributed by atoms with E-state index in [1.807, 2.05) is 43.5 Å². The van der Waals surface area contributed by atoms with Crippen LogP contribution in [0.15, 0.2) is 60.8 Å². The molecule has 0 spiro atoms. The van der Waals surface area contributed by atoms with E-state index in [0.717, 1.165) is 39.6 Å². The van der Waals surface area contributed by atoms with E-state index in [-0.39, 0.29) is 0 Å². The lowest BCUT2D eigenvalue weighted by Gasteiger charge is -2.17. The number of amides is 1. The van der Waals surface area contributed by atoms with Crippen LogP contribution in [0.3, 0.4) is 0 Å². The van der Waals surface area contributed by atoms with Crippen LogP contribution in [0.4, 0.5) is 0 Å². The number of fused-ring (bicyclic) bond motifs is 5. The normalized spacial score (nSPS) is 18.7. The Morgan fingerprint density at radius 2 is 1.84 bits per heavy atom. The van der Waals surface area contributed by atoms with Crippen molar-refractivity contribution >= 4 is 5.91 Å². The number of carbonyl (C=O) groups excluding carboxylic acids is 1. The molecule has 1 aliphatic carbocycles. The molecule has 32 heavy (non-hydrogen) atoms. The van der Waals surface area contributed by atoms with Gasteiger partial charge in [-0.25, -0.2) is 4.98 Å². The molecule has 1 aromatic carbocycles. The number of nitrogens with zero attached hydrogens (tertiary/aromatic N) is 4. The topological polar surface area (TPSA) is 86.7 Å². The second-order valence-corrected chi connectivity index (χ2v) is 8.74. The molecule has 1 amide bonds. The minimum atomic E-state index is -0.432. The van der Waals surface area contributed by atoms with Gasteiger partial charge < -0.3 is 10.3 Å². The van der Waals surface area contributed by atoms with E-state index in [2.05, 4.69) is 21.7 Å². The van der Waals surface area contributed by atoms with Gasteiger partial charge in [0.1, 0.15) is 11.5 Å². The van der Waals surface area contributed by atoms with E-state index < -0.39 is 5.91 Å². The highest BCUT2D eigenvalue weighted by Gasteiger charge is 2.41. The van der Waals surface area contributed by atoms with Gasteiger partial charge in [-0.1, -0.05) is 18.2 Å². The Bertz CT molecular complexity index is 1360. The number of hydrogen-bond acceptors (Lipinski definition) is 4. The summed E-state index contributed by atoms with van der Waals surface area (Å²) in [7, 11) is 0. The molecule has 4 heterocycles. The molecule has 1 fully saturated rings. The third-order valence-electron chi connectivity index (χ3n) is 6.70. The van der Waals surface area contributed by atoms with Crippen LogP contribution in [0.5, 0.6) is 0 Å². The van der Waals surface area contributed by atoms with Gasteiger partial charge in [-0.05, 0) is 62.6 Å². The third-order valence-corrected chi connectivity index (χ3v) is 6.70. The summed E-state index contributed by atoms with van der Waals surface area (Å²) in [6.45, 7) is 2.01. The van der Waals surface area contributed by atoms with Crippen LogP contribution in [0.1, 0.15) is 53.1 Å². The van der Waals surface area contributed by atoms with E-state index in [1.54, 1.807) is 12.1 Å². The first-order chi connectivity index (χ1) is 15.6. The Hall–Kier alpha value is -3.80. The lowest BCUT2D eigenvalue weighted by molar-refractivity contribution is 0.100. The van der Waals surface area contributed by atoms with Crippen molar-refractivity contribution in [1.29, 1.82) is 0 Å². The fraction of sp³-hybridized carbons (Fsp3) is 0.231. The maximum absolute atomic E-state index is 11.4. The highest BCUT2D eigenvalue weighted by molar-refractivity contribution is 5.93. The fourth-order valence-corrected chi connectivity index (χ4v) is 5.20. The predicted octanol–water partition coefficient (Wildman–Crippen LogP) is 4.90. The van der Waals surface area contributed by atoms with E-state index in [1.165, 1.54) is 25.1 Å². The summed E-state index contributed by atoms with van der Waals surface area (Å²) >= 11 is 0.